The largest absolute Gasteiger partial charge is 0.316 e. The van der Waals surface area contributed by atoms with E-state index in [1.807, 2.05) is 12.1 Å². The fraction of sp³-hybridized carbons (Fsp3) is 0.625. The van der Waals surface area contributed by atoms with Crippen LogP contribution in [-0.4, -0.2) is 21.5 Å². The molecule has 1 aromatic rings. The van der Waals surface area contributed by atoms with Crippen LogP contribution in [0.1, 0.15) is 38.2 Å². The number of nitrogens with one attached hydrogen (secondary N) is 1. The van der Waals surface area contributed by atoms with E-state index in [1.165, 1.54) is 25.7 Å². The first kappa shape index (κ1) is 16.5. The summed E-state index contributed by atoms with van der Waals surface area (Å²) in [5, 5.41) is 8.62. The second-order valence-corrected chi connectivity index (χ2v) is 7.73. The summed E-state index contributed by atoms with van der Waals surface area (Å²) >= 11 is 0. The van der Waals surface area contributed by atoms with Crippen molar-refractivity contribution >= 4 is 10.0 Å². The molecule has 0 amide bonds. The number of benzene rings is 1. The number of nitrogens with two attached hydrogens (primary N) is 1. The van der Waals surface area contributed by atoms with Gasteiger partial charge in [0.05, 0.1) is 4.90 Å². The molecule has 1 fully saturated rings. The van der Waals surface area contributed by atoms with E-state index >= 15 is 0 Å². The summed E-state index contributed by atoms with van der Waals surface area (Å²) < 4.78 is 22.4. The fourth-order valence-electron chi connectivity index (χ4n) is 3.06. The van der Waals surface area contributed by atoms with Crippen molar-refractivity contribution in [2.24, 2.45) is 17.0 Å². The molecule has 0 aliphatic heterocycles. The van der Waals surface area contributed by atoms with E-state index < -0.39 is 10.0 Å². The second kappa shape index (κ2) is 7.38. The van der Waals surface area contributed by atoms with Gasteiger partial charge in [0.2, 0.25) is 10.0 Å². The molecule has 5 heteroatoms. The van der Waals surface area contributed by atoms with Gasteiger partial charge < -0.3 is 5.32 Å². The Balaban J connectivity index is 1.73. The number of rotatable bonds is 6. The smallest absolute Gasteiger partial charge is 0.238 e. The van der Waals surface area contributed by atoms with Gasteiger partial charge in [0.25, 0.3) is 0 Å². The maximum atomic E-state index is 11.2. The third-order valence-corrected chi connectivity index (χ3v) is 5.47. The molecular weight excluding hydrogens is 284 g/mol. The summed E-state index contributed by atoms with van der Waals surface area (Å²) in [5.41, 5.74) is 1.13. The third-order valence-electron chi connectivity index (χ3n) is 4.54. The Labute approximate surface area is 128 Å². The highest BCUT2D eigenvalue weighted by atomic mass is 32.2. The van der Waals surface area contributed by atoms with Gasteiger partial charge in [0, 0.05) is 0 Å². The first-order valence-corrected chi connectivity index (χ1v) is 9.34. The monoisotopic (exact) mass is 310 g/mol. The number of sulfonamides is 1. The number of hydrogen-bond acceptors (Lipinski definition) is 3. The molecule has 1 aliphatic carbocycles. The van der Waals surface area contributed by atoms with Crippen molar-refractivity contribution in [3.8, 4) is 0 Å². The molecule has 0 saturated heterocycles. The van der Waals surface area contributed by atoms with Crippen LogP contribution >= 0.6 is 0 Å². The Morgan fingerprint density at radius 1 is 1.19 bits per heavy atom. The molecule has 1 aromatic carbocycles. The van der Waals surface area contributed by atoms with Crippen molar-refractivity contribution in [1.82, 2.24) is 5.32 Å². The van der Waals surface area contributed by atoms with Gasteiger partial charge in [0.15, 0.2) is 0 Å². The molecule has 2 rings (SSSR count). The first-order valence-electron chi connectivity index (χ1n) is 7.79. The Morgan fingerprint density at radius 2 is 1.86 bits per heavy atom. The number of primary sulfonamides is 1. The van der Waals surface area contributed by atoms with E-state index in [0.717, 1.165) is 36.9 Å². The number of hydrogen-bond donors (Lipinski definition) is 2. The summed E-state index contributed by atoms with van der Waals surface area (Å²) in [5.74, 6) is 1.64. The Morgan fingerprint density at radius 3 is 2.48 bits per heavy atom. The van der Waals surface area contributed by atoms with Crippen molar-refractivity contribution in [3.05, 3.63) is 29.8 Å². The van der Waals surface area contributed by atoms with Crippen LogP contribution in [0.25, 0.3) is 0 Å². The molecule has 1 aliphatic rings. The van der Waals surface area contributed by atoms with Gasteiger partial charge in [-0.25, -0.2) is 13.6 Å². The molecule has 118 valence electrons. The second-order valence-electron chi connectivity index (χ2n) is 6.16. The molecule has 21 heavy (non-hydrogen) atoms. The van der Waals surface area contributed by atoms with Crippen molar-refractivity contribution in [3.63, 3.8) is 0 Å². The molecule has 0 radical (unpaired) electrons. The van der Waals surface area contributed by atoms with Crippen molar-refractivity contribution < 1.29 is 8.42 Å². The molecule has 1 saturated carbocycles. The van der Waals surface area contributed by atoms with Crippen molar-refractivity contribution in [2.75, 3.05) is 13.1 Å². The van der Waals surface area contributed by atoms with Gasteiger partial charge in [-0.3, -0.25) is 0 Å². The Hall–Kier alpha value is -0.910. The van der Waals surface area contributed by atoms with Gasteiger partial charge in [-0.05, 0) is 55.5 Å². The Kier molecular flexibility index (Phi) is 5.79. The van der Waals surface area contributed by atoms with E-state index in [0.29, 0.717) is 0 Å². The lowest BCUT2D eigenvalue weighted by molar-refractivity contribution is 0.248. The molecular formula is C16H26N2O2S. The highest BCUT2D eigenvalue weighted by Gasteiger charge is 2.20. The lowest BCUT2D eigenvalue weighted by Gasteiger charge is -2.28. The van der Waals surface area contributed by atoms with E-state index in [-0.39, 0.29) is 4.90 Å². The fourth-order valence-corrected chi connectivity index (χ4v) is 3.58. The van der Waals surface area contributed by atoms with Crippen LogP contribution in [0.15, 0.2) is 29.2 Å². The molecule has 0 bridgehead atoms. The summed E-state index contributed by atoms with van der Waals surface area (Å²) in [6.07, 6.45) is 6.37. The molecule has 0 heterocycles. The van der Waals surface area contributed by atoms with Crippen molar-refractivity contribution in [1.29, 1.82) is 0 Å². The third kappa shape index (κ3) is 5.09. The highest BCUT2D eigenvalue weighted by Crippen LogP contribution is 2.28. The van der Waals surface area contributed by atoms with Crippen LogP contribution in [0, 0.1) is 11.8 Å². The molecule has 4 nitrogen and oxygen atoms in total. The minimum Gasteiger partial charge on any atom is -0.316 e. The maximum Gasteiger partial charge on any atom is 0.238 e. The van der Waals surface area contributed by atoms with Crippen LogP contribution in [0.4, 0.5) is 0 Å². The van der Waals surface area contributed by atoms with Crippen molar-refractivity contribution in [2.45, 2.75) is 43.9 Å². The van der Waals surface area contributed by atoms with Gasteiger partial charge in [-0.1, -0.05) is 38.3 Å². The van der Waals surface area contributed by atoms with E-state index in [9.17, 15) is 8.42 Å². The maximum absolute atomic E-state index is 11.2. The predicted molar refractivity (Wildman–Crippen MR) is 85.5 cm³/mol. The Bertz CT molecular complexity index is 540. The SMILES string of the molecule is CC1CCCCC1CNCCc1ccc(S(N)(=O)=O)cc1. The standard InChI is InChI=1S/C16H26N2O2S/c1-13-4-2-3-5-15(13)12-18-11-10-14-6-8-16(9-7-14)21(17,19)20/h6-9,13,15,18H,2-5,10-12H2,1H3,(H2,17,19,20). The van der Waals surface area contributed by atoms with Crippen LogP contribution in [0.5, 0.6) is 0 Å². The van der Waals surface area contributed by atoms with Gasteiger partial charge in [-0.15, -0.1) is 0 Å². The first-order chi connectivity index (χ1) is 9.97. The summed E-state index contributed by atoms with van der Waals surface area (Å²) in [7, 11) is -3.58. The van der Waals surface area contributed by atoms with Crippen LogP contribution in [-0.2, 0) is 16.4 Å². The quantitative estimate of drug-likeness (QED) is 0.792. The zero-order chi connectivity index (χ0) is 15.3. The molecule has 2 atom stereocenters. The van der Waals surface area contributed by atoms with Gasteiger partial charge in [-0.2, -0.15) is 0 Å². The van der Waals surface area contributed by atoms with E-state index in [4.69, 9.17) is 5.14 Å². The lowest BCUT2D eigenvalue weighted by atomic mass is 9.80. The molecule has 0 aromatic heterocycles. The average Bonchev–Trinajstić information content (AvgIpc) is 2.45. The normalized spacial score (nSPS) is 23.1. The average molecular weight is 310 g/mol. The lowest BCUT2D eigenvalue weighted by Crippen LogP contribution is -2.30. The van der Waals surface area contributed by atoms with Gasteiger partial charge in [0.1, 0.15) is 0 Å². The summed E-state index contributed by atoms with van der Waals surface area (Å²) in [6, 6.07) is 6.83. The van der Waals surface area contributed by atoms with Gasteiger partial charge >= 0.3 is 0 Å². The minimum atomic E-state index is -3.58. The molecule has 0 spiro atoms. The van der Waals surface area contributed by atoms with Crippen LogP contribution in [0.2, 0.25) is 0 Å². The molecule has 2 unspecified atom stereocenters. The zero-order valence-electron chi connectivity index (χ0n) is 12.7. The zero-order valence-corrected chi connectivity index (χ0v) is 13.5. The molecule has 3 N–H and O–H groups in total. The summed E-state index contributed by atoms with van der Waals surface area (Å²) in [4.78, 5) is 0.176. The minimum absolute atomic E-state index is 0.176. The highest BCUT2D eigenvalue weighted by molar-refractivity contribution is 7.89. The van der Waals surface area contributed by atoms with E-state index in [2.05, 4.69) is 12.2 Å². The van der Waals surface area contributed by atoms with E-state index in [1.54, 1.807) is 12.1 Å². The van der Waals surface area contributed by atoms with Crippen LogP contribution < -0.4 is 10.5 Å². The summed E-state index contributed by atoms with van der Waals surface area (Å²) in [6.45, 7) is 4.38. The predicted octanol–water partition coefficient (Wildman–Crippen LogP) is 2.29. The van der Waals surface area contributed by atoms with Crippen LogP contribution in [0.3, 0.4) is 0 Å². The topological polar surface area (TPSA) is 72.2 Å².